The molecule has 33 heavy (non-hydrogen) atoms. The van der Waals surface area contributed by atoms with Crippen molar-refractivity contribution in [2.75, 3.05) is 11.3 Å². The molecule has 0 aliphatic carbocycles. The minimum atomic E-state index is -3.77. The van der Waals surface area contributed by atoms with Gasteiger partial charge in [0.05, 0.1) is 17.7 Å². The number of fused-ring (bicyclic) bond motifs is 1. The van der Waals surface area contributed by atoms with E-state index in [9.17, 15) is 13.2 Å². The Hall–Kier alpha value is -4.11. The number of carbonyl (C=O) groups excluding carboxylic acids is 1. The lowest BCUT2D eigenvalue weighted by atomic mass is 10.2. The van der Waals surface area contributed by atoms with Crippen LogP contribution in [0.3, 0.4) is 0 Å². The molecule has 0 saturated heterocycles. The van der Waals surface area contributed by atoms with E-state index in [1.807, 2.05) is 37.4 Å². The average molecular weight is 463 g/mol. The van der Waals surface area contributed by atoms with Crippen molar-refractivity contribution >= 4 is 38.7 Å². The molecule has 3 aromatic carbocycles. The molecular formula is C24H22N4O4S. The molecule has 8 nitrogen and oxygen atoms in total. The summed E-state index contributed by atoms with van der Waals surface area (Å²) in [7, 11) is -3.77. The van der Waals surface area contributed by atoms with Crippen molar-refractivity contribution in [2.45, 2.75) is 11.8 Å². The van der Waals surface area contributed by atoms with Gasteiger partial charge in [-0.15, -0.1) is 0 Å². The summed E-state index contributed by atoms with van der Waals surface area (Å²) in [5, 5.41) is 5.02. The molecule has 3 N–H and O–H groups in total. The summed E-state index contributed by atoms with van der Waals surface area (Å²) < 4.78 is 33.0. The summed E-state index contributed by atoms with van der Waals surface area (Å²) in [5.74, 6) is 0.186. The third-order valence-electron chi connectivity index (χ3n) is 4.84. The number of aromatic nitrogens is 1. The van der Waals surface area contributed by atoms with Crippen LogP contribution in [0.25, 0.3) is 10.9 Å². The van der Waals surface area contributed by atoms with Crippen LogP contribution in [0.4, 0.5) is 5.69 Å². The number of hydrogen-bond acceptors (Lipinski definition) is 5. The molecule has 1 amide bonds. The molecular weight excluding hydrogens is 440 g/mol. The van der Waals surface area contributed by atoms with Crippen molar-refractivity contribution < 1.29 is 17.9 Å². The van der Waals surface area contributed by atoms with Crippen LogP contribution in [0.5, 0.6) is 5.75 Å². The molecule has 0 aliphatic heterocycles. The summed E-state index contributed by atoms with van der Waals surface area (Å²) in [6, 6.07) is 20.0. The van der Waals surface area contributed by atoms with Gasteiger partial charge in [-0.3, -0.25) is 9.52 Å². The fraction of sp³-hybridized carbons (Fsp3) is 0.0833. The maximum Gasteiger partial charge on any atom is 0.271 e. The molecule has 0 saturated carbocycles. The molecule has 0 bridgehead atoms. The number of aromatic amines is 1. The lowest BCUT2D eigenvalue weighted by Crippen LogP contribution is -2.18. The predicted molar refractivity (Wildman–Crippen MR) is 128 cm³/mol. The van der Waals surface area contributed by atoms with Gasteiger partial charge in [-0.05, 0) is 61.5 Å². The van der Waals surface area contributed by atoms with Gasteiger partial charge < -0.3 is 9.72 Å². The largest absolute Gasteiger partial charge is 0.494 e. The topological polar surface area (TPSA) is 113 Å². The highest BCUT2D eigenvalue weighted by Crippen LogP contribution is 2.20. The number of ether oxygens (including phenoxy) is 1. The number of nitrogens with one attached hydrogen (secondary N) is 3. The van der Waals surface area contributed by atoms with Crippen LogP contribution in [0, 0.1) is 0 Å². The number of anilines is 1. The predicted octanol–water partition coefficient (Wildman–Crippen LogP) is 4.13. The van der Waals surface area contributed by atoms with E-state index in [2.05, 4.69) is 20.2 Å². The van der Waals surface area contributed by atoms with Gasteiger partial charge >= 0.3 is 0 Å². The second-order valence-corrected chi connectivity index (χ2v) is 8.76. The Kier molecular flexibility index (Phi) is 6.41. The summed E-state index contributed by atoms with van der Waals surface area (Å²) in [4.78, 5) is 15.6. The Labute approximate surface area is 191 Å². The van der Waals surface area contributed by atoms with Gasteiger partial charge in [0.1, 0.15) is 5.75 Å². The van der Waals surface area contributed by atoms with Gasteiger partial charge in [0.15, 0.2) is 0 Å². The van der Waals surface area contributed by atoms with Crippen LogP contribution in [-0.4, -0.2) is 32.1 Å². The number of hydrogen-bond donors (Lipinski definition) is 3. The van der Waals surface area contributed by atoms with Gasteiger partial charge in [0.25, 0.3) is 15.9 Å². The standard InChI is InChI=1S/C24H22N4O4S/c1-2-32-20-11-13-21(14-12-20)33(30,31)28-19-9-7-17(8-10-19)24(29)27-26-16-18-15-25-23-6-4-3-5-22(18)23/h3-16,25,28H,2H2,1H3,(H,27,29)/b26-16+. The molecule has 0 unspecified atom stereocenters. The molecule has 0 aliphatic rings. The minimum Gasteiger partial charge on any atom is -0.494 e. The molecule has 4 rings (SSSR count). The summed E-state index contributed by atoms with van der Waals surface area (Å²) in [5.41, 5.74) is 4.99. The minimum absolute atomic E-state index is 0.111. The monoisotopic (exact) mass is 462 g/mol. The zero-order chi connectivity index (χ0) is 23.3. The number of hydrazone groups is 1. The van der Waals surface area contributed by atoms with Crippen LogP contribution in [0.2, 0.25) is 0 Å². The van der Waals surface area contributed by atoms with E-state index in [0.717, 1.165) is 16.5 Å². The van der Waals surface area contributed by atoms with Crippen molar-refractivity contribution in [1.29, 1.82) is 0 Å². The molecule has 0 atom stereocenters. The molecule has 1 aromatic heterocycles. The average Bonchev–Trinajstić information content (AvgIpc) is 3.23. The van der Waals surface area contributed by atoms with Gasteiger partial charge in [-0.2, -0.15) is 5.10 Å². The van der Waals surface area contributed by atoms with Crippen molar-refractivity contribution in [3.05, 3.63) is 90.1 Å². The van der Waals surface area contributed by atoms with Crippen LogP contribution in [0.1, 0.15) is 22.8 Å². The summed E-state index contributed by atoms with van der Waals surface area (Å²) >= 11 is 0. The molecule has 1 heterocycles. The first kappa shape index (κ1) is 22.1. The van der Waals surface area contributed by atoms with E-state index in [1.54, 1.807) is 18.3 Å². The number of sulfonamides is 1. The number of rotatable bonds is 8. The molecule has 168 valence electrons. The Morgan fingerprint density at radius 3 is 2.48 bits per heavy atom. The maximum atomic E-state index is 12.6. The van der Waals surface area contributed by atoms with Crippen molar-refractivity contribution in [2.24, 2.45) is 5.10 Å². The highest BCUT2D eigenvalue weighted by Gasteiger charge is 2.15. The molecule has 9 heteroatoms. The zero-order valence-corrected chi connectivity index (χ0v) is 18.6. The van der Waals surface area contributed by atoms with E-state index < -0.39 is 15.9 Å². The van der Waals surface area contributed by atoms with E-state index in [-0.39, 0.29) is 4.90 Å². The SMILES string of the molecule is CCOc1ccc(S(=O)(=O)Nc2ccc(C(=O)N/N=C/c3c[nH]c4ccccc34)cc2)cc1. The lowest BCUT2D eigenvalue weighted by molar-refractivity contribution is 0.0955. The summed E-state index contributed by atoms with van der Waals surface area (Å²) in [6.07, 6.45) is 3.38. The number of para-hydroxylation sites is 1. The van der Waals surface area contributed by atoms with Crippen LogP contribution < -0.4 is 14.9 Å². The third kappa shape index (κ3) is 5.21. The Morgan fingerprint density at radius 2 is 1.76 bits per heavy atom. The number of H-pyrrole nitrogens is 1. The summed E-state index contributed by atoms with van der Waals surface area (Å²) in [6.45, 7) is 2.35. The Bertz CT molecular complexity index is 1390. The first-order valence-electron chi connectivity index (χ1n) is 10.2. The second-order valence-electron chi connectivity index (χ2n) is 7.08. The lowest BCUT2D eigenvalue weighted by Gasteiger charge is -2.09. The Balaban J connectivity index is 1.38. The van der Waals surface area contributed by atoms with Crippen LogP contribution in [0.15, 0.2) is 89.0 Å². The van der Waals surface area contributed by atoms with Gasteiger partial charge in [0, 0.05) is 33.9 Å². The van der Waals surface area contributed by atoms with E-state index in [1.165, 1.54) is 36.4 Å². The van der Waals surface area contributed by atoms with Crippen LogP contribution in [-0.2, 0) is 10.0 Å². The van der Waals surface area contributed by atoms with Gasteiger partial charge in [-0.25, -0.2) is 13.8 Å². The fourth-order valence-corrected chi connectivity index (χ4v) is 4.27. The van der Waals surface area contributed by atoms with Crippen molar-refractivity contribution in [3.8, 4) is 5.75 Å². The number of benzene rings is 3. The molecule has 0 spiro atoms. The maximum absolute atomic E-state index is 12.6. The van der Waals surface area contributed by atoms with E-state index >= 15 is 0 Å². The second kappa shape index (κ2) is 9.58. The van der Waals surface area contributed by atoms with Gasteiger partial charge in [0.2, 0.25) is 0 Å². The smallest absolute Gasteiger partial charge is 0.271 e. The third-order valence-corrected chi connectivity index (χ3v) is 6.23. The quantitative estimate of drug-likeness (QED) is 0.270. The number of nitrogens with zero attached hydrogens (tertiary/aromatic N) is 1. The van der Waals surface area contributed by atoms with Crippen LogP contribution >= 0.6 is 0 Å². The first-order valence-corrected chi connectivity index (χ1v) is 11.7. The zero-order valence-electron chi connectivity index (χ0n) is 17.8. The number of carbonyl (C=O) groups is 1. The molecule has 0 radical (unpaired) electrons. The van der Waals surface area contributed by atoms with E-state index in [4.69, 9.17) is 4.74 Å². The number of amides is 1. The van der Waals surface area contributed by atoms with Gasteiger partial charge in [-0.1, -0.05) is 18.2 Å². The van der Waals surface area contributed by atoms with Crippen molar-refractivity contribution in [3.63, 3.8) is 0 Å². The first-order chi connectivity index (χ1) is 16.0. The van der Waals surface area contributed by atoms with E-state index in [0.29, 0.717) is 23.6 Å². The normalized spacial score (nSPS) is 11.5. The fourth-order valence-electron chi connectivity index (χ4n) is 3.21. The Morgan fingerprint density at radius 1 is 1.03 bits per heavy atom. The molecule has 0 fully saturated rings. The highest BCUT2D eigenvalue weighted by atomic mass is 32.2. The highest BCUT2D eigenvalue weighted by molar-refractivity contribution is 7.92. The van der Waals surface area contributed by atoms with Crippen molar-refractivity contribution in [1.82, 2.24) is 10.4 Å². The molecule has 4 aromatic rings.